The third-order valence-electron chi connectivity index (χ3n) is 3.24. The molecule has 1 aliphatic heterocycles. The van der Waals surface area contributed by atoms with Crippen molar-refractivity contribution < 1.29 is 14.7 Å². The van der Waals surface area contributed by atoms with Crippen LogP contribution in [0.3, 0.4) is 0 Å². The van der Waals surface area contributed by atoms with E-state index in [0.29, 0.717) is 15.8 Å². The second-order valence-electron chi connectivity index (χ2n) is 4.91. The lowest BCUT2D eigenvalue weighted by molar-refractivity contribution is -0.115. The molecule has 1 saturated heterocycles. The van der Waals surface area contributed by atoms with Crippen LogP contribution in [0.2, 0.25) is 0 Å². The first-order valence-corrected chi connectivity index (χ1v) is 7.61. The lowest BCUT2D eigenvalue weighted by Gasteiger charge is -2.03. The lowest BCUT2D eigenvalue weighted by Crippen LogP contribution is -2.19. The summed E-state index contributed by atoms with van der Waals surface area (Å²) in [6.07, 6.45) is 3.52. The van der Waals surface area contributed by atoms with Gasteiger partial charge in [-0.1, -0.05) is 6.07 Å². The fourth-order valence-corrected chi connectivity index (χ4v) is 2.85. The Kier molecular flexibility index (Phi) is 4.03. The van der Waals surface area contributed by atoms with Crippen molar-refractivity contribution >= 4 is 40.6 Å². The normalized spacial score (nSPS) is 17.7. The zero-order valence-corrected chi connectivity index (χ0v) is 13.0. The average Bonchev–Trinajstić information content (AvgIpc) is 3.12. The Balaban J connectivity index is 1.89. The van der Waals surface area contributed by atoms with Crippen LogP contribution in [-0.2, 0) is 4.79 Å². The molecule has 3 rings (SSSR count). The summed E-state index contributed by atoms with van der Waals surface area (Å²) in [5.74, 6) is -1.24. The lowest BCUT2D eigenvalue weighted by atomic mass is 10.1. The van der Waals surface area contributed by atoms with Crippen molar-refractivity contribution in [3.63, 3.8) is 0 Å². The van der Waals surface area contributed by atoms with E-state index in [4.69, 9.17) is 5.11 Å². The molecule has 6 nitrogen and oxygen atoms in total. The number of aromatic amines is 1. The number of amides is 1. The van der Waals surface area contributed by atoms with Crippen LogP contribution in [0.15, 0.2) is 46.4 Å². The number of aromatic carboxylic acids is 1. The highest BCUT2D eigenvalue weighted by Gasteiger charge is 2.24. The highest BCUT2D eigenvalue weighted by Crippen LogP contribution is 2.29. The van der Waals surface area contributed by atoms with Crippen molar-refractivity contribution in [3.8, 4) is 0 Å². The maximum atomic E-state index is 12.0. The van der Waals surface area contributed by atoms with Crippen LogP contribution in [-0.4, -0.2) is 27.1 Å². The van der Waals surface area contributed by atoms with Gasteiger partial charge in [-0.25, -0.2) is 9.79 Å². The summed E-state index contributed by atoms with van der Waals surface area (Å²) in [5, 5.41) is 12.2. The van der Waals surface area contributed by atoms with Gasteiger partial charge < -0.3 is 15.4 Å². The first-order chi connectivity index (χ1) is 11.0. The summed E-state index contributed by atoms with van der Waals surface area (Å²) in [6, 6.07) is 8.42. The Bertz CT molecular complexity index is 838. The zero-order chi connectivity index (χ0) is 16.4. The molecule has 1 aliphatic rings. The number of nitrogens with one attached hydrogen (secondary N) is 2. The van der Waals surface area contributed by atoms with Crippen molar-refractivity contribution in [2.75, 3.05) is 0 Å². The van der Waals surface area contributed by atoms with Crippen molar-refractivity contribution in [1.82, 2.24) is 10.3 Å². The highest BCUT2D eigenvalue weighted by molar-refractivity contribution is 8.18. The Hall–Kier alpha value is -2.80. The summed E-state index contributed by atoms with van der Waals surface area (Å²) in [4.78, 5) is 30.9. The molecular weight excluding hydrogens is 314 g/mol. The number of carboxylic acids is 1. The number of thioether (sulfide) groups is 1. The fourth-order valence-electron chi connectivity index (χ4n) is 2.03. The monoisotopic (exact) mass is 327 g/mol. The molecule has 1 aromatic heterocycles. The van der Waals surface area contributed by atoms with Crippen LogP contribution in [0.25, 0.3) is 6.08 Å². The number of carbonyl (C=O) groups excluding carboxylic acids is 1. The number of aliphatic imine (C=N–C) groups is 1. The smallest absolute Gasteiger partial charge is 0.335 e. The third-order valence-corrected chi connectivity index (χ3v) is 4.15. The van der Waals surface area contributed by atoms with Crippen LogP contribution in [0, 0.1) is 6.92 Å². The van der Waals surface area contributed by atoms with E-state index in [-0.39, 0.29) is 11.5 Å². The molecule has 0 spiro atoms. The van der Waals surface area contributed by atoms with Gasteiger partial charge in [-0.2, -0.15) is 0 Å². The average molecular weight is 327 g/mol. The number of carboxylic acid groups (broad SMARTS) is 1. The van der Waals surface area contributed by atoms with E-state index in [0.717, 1.165) is 11.3 Å². The predicted octanol–water partition coefficient (Wildman–Crippen LogP) is 2.91. The molecule has 7 heteroatoms. The second-order valence-corrected chi connectivity index (χ2v) is 5.94. The summed E-state index contributed by atoms with van der Waals surface area (Å²) in [7, 11) is 0. The molecule has 0 radical (unpaired) electrons. The quantitative estimate of drug-likeness (QED) is 0.755. The number of H-pyrrole nitrogens is 1. The van der Waals surface area contributed by atoms with E-state index >= 15 is 0 Å². The number of nitrogens with zero attached hydrogens (tertiary/aromatic N) is 1. The summed E-state index contributed by atoms with van der Waals surface area (Å²) in [5.41, 5.74) is 2.34. The molecule has 1 fully saturated rings. The third kappa shape index (κ3) is 3.35. The van der Waals surface area contributed by atoms with Crippen LogP contribution in [0.1, 0.15) is 21.6 Å². The number of benzene rings is 1. The van der Waals surface area contributed by atoms with Crippen molar-refractivity contribution in [2.24, 2.45) is 4.99 Å². The van der Waals surface area contributed by atoms with Gasteiger partial charge in [0.05, 0.1) is 16.2 Å². The Labute approximate surface area is 136 Å². The largest absolute Gasteiger partial charge is 0.478 e. The van der Waals surface area contributed by atoms with Crippen molar-refractivity contribution in [1.29, 1.82) is 0 Å². The minimum atomic E-state index is -1.01. The maximum Gasteiger partial charge on any atom is 0.335 e. The van der Waals surface area contributed by atoms with E-state index in [2.05, 4.69) is 15.3 Å². The van der Waals surface area contributed by atoms with Crippen LogP contribution < -0.4 is 5.32 Å². The van der Waals surface area contributed by atoms with E-state index in [1.54, 1.807) is 18.3 Å². The van der Waals surface area contributed by atoms with E-state index in [9.17, 15) is 9.59 Å². The van der Waals surface area contributed by atoms with E-state index in [1.165, 1.54) is 23.9 Å². The molecular formula is C16H13N3O3S. The minimum absolute atomic E-state index is 0.159. The number of amidine groups is 1. The van der Waals surface area contributed by atoms with Crippen molar-refractivity contribution in [3.05, 3.63) is 58.3 Å². The number of carbonyl (C=O) groups is 2. The van der Waals surface area contributed by atoms with Gasteiger partial charge in [0.2, 0.25) is 0 Å². The Morgan fingerprint density at radius 1 is 1.35 bits per heavy atom. The predicted molar refractivity (Wildman–Crippen MR) is 89.7 cm³/mol. The molecule has 0 saturated carbocycles. The van der Waals surface area contributed by atoms with Gasteiger partial charge in [0.25, 0.3) is 5.91 Å². The number of aryl methyl sites for hydroxylation is 1. The van der Waals surface area contributed by atoms with Gasteiger partial charge in [-0.05, 0) is 54.6 Å². The van der Waals surface area contributed by atoms with Crippen LogP contribution in [0.4, 0.5) is 5.69 Å². The molecule has 0 bridgehead atoms. The molecule has 2 aromatic rings. The van der Waals surface area contributed by atoms with Gasteiger partial charge in [0.15, 0.2) is 5.17 Å². The van der Waals surface area contributed by atoms with Gasteiger partial charge in [-0.3, -0.25) is 4.79 Å². The zero-order valence-electron chi connectivity index (χ0n) is 12.2. The number of rotatable bonds is 3. The SMILES string of the molecule is Cc1ccc(C(=O)O)cc1N=C1NC(=O)/C(=C\c2ccc[nH]2)S1. The molecule has 0 aliphatic carbocycles. The van der Waals surface area contributed by atoms with Gasteiger partial charge in [0, 0.05) is 11.9 Å². The molecule has 116 valence electrons. The first-order valence-electron chi connectivity index (χ1n) is 6.80. The van der Waals surface area contributed by atoms with Crippen LogP contribution >= 0.6 is 11.8 Å². The van der Waals surface area contributed by atoms with Gasteiger partial charge in [-0.15, -0.1) is 0 Å². The number of aromatic nitrogens is 1. The number of hydrogen-bond acceptors (Lipinski definition) is 4. The van der Waals surface area contributed by atoms with Gasteiger partial charge >= 0.3 is 5.97 Å². The molecule has 2 heterocycles. The molecule has 0 atom stereocenters. The maximum absolute atomic E-state index is 12.0. The fraction of sp³-hybridized carbons (Fsp3) is 0.0625. The Morgan fingerprint density at radius 3 is 2.87 bits per heavy atom. The molecule has 0 unspecified atom stereocenters. The molecule has 3 N–H and O–H groups in total. The first kappa shape index (κ1) is 15.1. The van der Waals surface area contributed by atoms with E-state index in [1.807, 2.05) is 19.1 Å². The standard InChI is InChI=1S/C16H13N3O3S/c1-9-4-5-10(15(21)22)7-12(9)18-16-19-14(20)13(23-16)8-11-3-2-6-17-11/h2-8,17H,1H3,(H,21,22)(H,18,19,20)/b13-8+. The highest BCUT2D eigenvalue weighted by atomic mass is 32.2. The van der Waals surface area contributed by atoms with E-state index < -0.39 is 5.97 Å². The minimum Gasteiger partial charge on any atom is -0.478 e. The number of hydrogen-bond donors (Lipinski definition) is 3. The van der Waals surface area contributed by atoms with Crippen molar-refractivity contribution in [2.45, 2.75) is 6.92 Å². The molecule has 23 heavy (non-hydrogen) atoms. The summed E-state index contributed by atoms with van der Waals surface area (Å²) < 4.78 is 0. The molecule has 1 amide bonds. The second kappa shape index (κ2) is 6.13. The summed E-state index contributed by atoms with van der Waals surface area (Å²) >= 11 is 1.22. The topological polar surface area (TPSA) is 94.5 Å². The van der Waals surface area contributed by atoms with Crippen LogP contribution in [0.5, 0.6) is 0 Å². The Morgan fingerprint density at radius 2 is 2.17 bits per heavy atom. The van der Waals surface area contributed by atoms with Gasteiger partial charge in [0.1, 0.15) is 0 Å². The summed E-state index contributed by atoms with van der Waals surface area (Å²) in [6.45, 7) is 1.84. The molecule has 1 aromatic carbocycles.